The highest BCUT2D eigenvalue weighted by atomic mass is 32.1. The zero-order valence-corrected chi connectivity index (χ0v) is 19.7. The van der Waals surface area contributed by atoms with E-state index in [2.05, 4.69) is 31.3 Å². The molecule has 31 heavy (non-hydrogen) atoms. The van der Waals surface area contributed by atoms with Crippen molar-refractivity contribution >= 4 is 33.2 Å². The molecule has 7 heteroatoms. The summed E-state index contributed by atoms with van der Waals surface area (Å²) < 4.78 is 6.81. The van der Waals surface area contributed by atoms with Gasteiger partial charge in [0.15, 0.2) is 0 Å². The van der Waals surface area contributed by atoms with Crippen LogP contribution in [-0.4, -0.2) is 41.3 Å². The minimum Gasteiger partial charge on any atom is -0.426 e. The number of benzene rings is 2. The largest absolute Gasteiger partial charge is 0.426 e. The first-order chi connectivity index (χ1) is 14.7. The minimum absolute atomic E-state index is 0.232. The Hall–Kier alpha value is -2.48. The molecule has 1 atom stereocenters. The van der Waals surface area contributed by atoms with Crippen molar-refractivity contribution < 1.29 is 14.4 Å². The van der Waals surface area contributed by atoms with E-state index in [9.17, 15) is 4.79 Å². The Labute approximate surface area is 187 Å². The molecule has 0 bridgehead atoms. The molecule has 2 aromatic carbocycles. The summed E-state index contributed by atoms with van der Waals surface area (Å²) in [5, 5.41) is 5.97. The van der Waals surface area contributed by atoms with Crippen molar-refractivity contribution in [3.8, 4) is 16.3 Å². The summed E-state index contributed by atoms with van der Waals surface area (Å²) in [5.41, 5.74) is 2.31. The van der Waals surface area contributed by atoms with E-state index in [1.807, 2.05) is 56.3 Å². The number of nitrogens with zero attached hydrogens (tertiary/aromatic N) is 2. The number of rotatable bonds is 5. The number of hydrogen-bond acceptors (Lipinski definition) is 7. The molecule has 0 saturated carbocycles. The second kappa shape index (κ2) is 7.89. The highest BCUT2D eigenvalue weighted by Gasteiger charge is 2.55. The van der Waals surface area contributed by atoms with Gasteiger partial charge in [0.2, 0.25) is 0 Å². The number of anilines is 1. The van der Waals surface area contributed by atoms with Crippen LogP contribution in [0.15, 0.2) is 42.5 Å². The Morgan fingerprint density at radius 1 is 1.16 bits per heavy atom. The summed E-state index contributed by atoms with van der Waals surface area (Å²) in [5.74, 6) is 0.0212. The van der Waals surface area contributed by atoms with Gasteiger partial charge in [-0.1, -0.05) is 0 Å². The number of carbonyl (C=O) groups excluding carboxylic acids is 1. The summed E-state index contributed by atoms with van der Waals surface area (Å²) >= 11 is 1.59. The Morgan fingerprint density at radius 3 is 2.48 bits per heavy atom. The number of fused-ring (bicyclic) bond motifs is 1. The minimum atomic E-state index is -0.462. The van der Waals surface area contributed by atoms with Gasteiger partial charge in [-0.05, 0) is 70.5 Å². The quantitative estimate of drug-likeness (QED) is 0.427. The third-order valence-corrected chi connectivity index (χ3v) is 7.16. The highest BCUT2D eigenvalue weighted by molar-refractivity contribution is 7.21. The standard InChI is InChI=1S/C24H29N3O3S/c1-23(2)14-18(24(3,4)27(23)29-6)22(28)30-17-11-12-19-20(13-17)31-21(26-19)15-7-9-16(25-5)10-8-15/h7-13,18,25H,14H2,1-6H3. The van der Waals surface area contributed by atoms with Gasteiger partial charge in [0.05, 0.1) is 28.8 Å². The smallest absolute Gasteiger partial charge is 0.316 e. The lowest BCUT2D eigenvalue weighted by Crippen LogP contribution is -2.50. The average molecular weight is 440 g/mol. The summed E-state index contributed by atoms with van der Waals surface area (Å²) in [6.07, 6.45) is 0.669. The lowest BCUT2D eigenvalue weighted by atomic mass is 9.87. The first kappa shape index (κ1) is 21.7. The molecule has 6 nitrogen and oxygen atoms in total. The number of ether oxygens (including phenoxy) is 1. The normalized spacial score (nSPS) is 20.1. The van der Waals surface area contributed by atoms with Crippen LogP contribution in [0.1, 0.15) is 34.1 Å². The number of aromatic nitrogens is 1. The van der Waals surface area contributed by atoms with Gasteiger partial charge >= 0.3 is 5.97 Å². The number of esters is 1. The number of carbonyl (C=O) groups is 1. The van der Waals surface area contributed by atoms with Crippen LogP contribution in [0.2, 0.25) is 0 Å². The molecule has 4 rings (SSSR count). The van der Waals surface area contributed by atoms with E-state index in [-0.39, 0.29) is 17.4 Å². The fraction of sp³-hybridized carbons (Fsp3) is 0.417. The van der Waals surface area contributed by atoms with Crippen molar-refractivity contribution in [3.63, 3.8) is 0 Å². The molecule has 1 saturated heterocycles. The average Bonchev–Trinajstić information content (AvgIpc) is 3.22. The van der Waals surface area contributed by atoms with Crippen LogP contribution in [0.4, 0.5) is 5.69 Å². The molecule has 2 heterocycles. The van der Waals surface area contributed by atoms with Gasteiger partial charge in [-0.15, -0.1) is 11.3 Å². The third kappa shape index (κ3) is 3.93. The molecular formula is C24H29N3O3S. The number of nitrogens with one attached hydrogen (secondary N) is 1. The maximum Gasteiger partial charge on any atom is 0.316 e. The van der Waals surface area contributed by atoms with E-state index >= 15 is 0 Å². The molecule has 1 aliphatic rings. The first-order valence-electron chi connectivity index (χ1n) is 10.4. The Kier molecular flexibility index (Phi) is 5.54. The summed E-state index contributed by atoms with van der Waals surface area (Å²) in [6, 6.07) is 13.8. The van der Waals surface area contributed by atoms with Gasteiger partial charge in [-0.2, -0.15) is 5.06 Å². The molecule has 1 aliphatic heterocycles. The van der Waals surface area contributed by atoms with E-state index < -0.39 is 5.54 Å². The molecule has 1 N–H and O–H groups in total. The van der Waals surface area contributed by atoms with E-state index in [4.69, 9.17) is 14.6 Å². The SMILES string of the molecule is CNc1ccc(-c2nc3ccc(OC(=O)C4CC(C)(C)N(OC)C4(C)C)cc3s2)cc1. The maximum absolute atomic E-state index is 13.1. The van der Waals surface area contributed by atoms with E-state index in [0.717, 1.165) is 26.5 Å². The summed E-state index contributed by atoms with van der Waals surface area (Å²) in [4.78, 5) is 23.4. The van der Waals surface area contributed by atoms with E-state index in [1.165, 1.54) is 0 Å². The summed E-state index contributed by atoms with van der Waals surface area (Å²) in [7, 11) is 3.55. The van der Waals surface area contributed by atoms with Crippen molar-refractivity contribution in [2.75, 3.05) is 19.5 Å². The first-order valence-corrected chi connectivity index (χ1v) is 11.2. The number of hydroxylamine groups is 2. The van der Waals surface area contributed by atoms with Gasteiger partial charge in [-0.3, -0.25) is 4.79 Å². The Balaban J connectivity index is 1.56. The topological polar surface area (TPSA) is 63.7 Å². The van der Waals surface area contributed by atoms with Crippen molar-refractivity contribution in [2.45, 2.75) is 45.2 Å². The van der Waals surface area contributed by atoms with Crippen LogP contribution in [0.5, 0.6) is 5.75 Å². The monoisotopic (exact) mass is 439 g/mol. The predicted octanol–water partition coefficient (Wildman–Crippen LogP) is 5.35. The lowest BCUT2D eigenvalue weighted by Gasteiger charge is -2.38. The second-order valence-corrected chi connectivity index (χ2v) is 10.1. The zero-order chi connectivity index (χ0) is 22.4. The van der Waals surface area contributed by atoms with Crippen LogP contribution in [0.25, 0.3) is 20.8 Å². The van der Waals surface area contributed by atoms with Gasteiger partial charge < -0.3 is 14.9 Å². The Morgan fingerprint density at radius 2 is 1.87 bits per heavy atom. The van der Waals surface area contributed by atoms with Crippen LogP contribution >= 0.6 is 11.3 Å². The van der Waals surface area contributed by atoms with Gasteiger partial charge in [0.1, 0.15) is 10.8 Å². The van der Waals surface area contributed by atoms with Crippen molar-refractivity contribution in [1.29, 1.82) is 0 Å². The predicted molar refractivity (Wildman–Crippen MR) is 125 cm³/mol. The van der Waals surface area contributed by atoms with Crippen molar-refractivity contribution in [2.24, 2.45) is 5.92 Å². The van der Waals surface area contributed by atoms with Gasteiger partial charge in [-0.25, -0.2) is 4.98 Å². The number of thiazole rings is 1. The van der Waals surface area contributed by atoms with Gasteiger partial charge in [0.25, 0.3) is 0 Å². The second-order valence-electron chi connectivity index (χ2n) is 9.10. The van der Waals surface area contributed by atoms with Crippen LogP contribution in [0, 0.1) is 5.92 Å². The summed E-state index contributed by atoms with van der Waals surface area (Å²) in [6.45, 7) is 8.21. The number of hydrogen-bond donors (Lipinski definition) is 1. The molecule has 1 unspecified atom stereocenters. The van der Waals surface area contributed by atoms with Crippen LogP contribution in [0.3, 0.4) is 0 Å². The third-order valence-electron chi connectivity index (χ3n) is 6.10. The molecule has 0 radical (unpaired) electrons. The molecule has 3 aromatic rings. The Bertz CT molecular complexity index is 1100. The molecule has 0 amide bonds. The van der Waals surface area contributed by atoms with E-state index in [1.54, 1.807) is 18.4 Å². The maximum atomic E-state index is 13.1. The fourth-order valence-electron chi connectivity index (χ4n) is 4.67. The molecule has 164 valence electrons. The van der Waals surface area contributed by atoms with Crippen LogP contribution < -0.4 is 10.1 Å². The fourth-order valence-corrected chi connectivity index (χ4v) is 5.67. The zero-order valence-electron chi connectivity index (χ0n) is 18.9. The molecular weight excluding hydrogens is 410 g/mol. The molecule has 1 aromatic heterocycles. The van der Waals surface area contributed by atoms with E-state index in [0.29, 0.717) is 12.2 Å². The molecule has 0 aliphatic carbocycles. The van der Waals surface area contributed by atoms with Crippen molar-refractivity contribution in [1.82, 2.24) is 10.0 Å². The highest BCUT2D eigenvalue weighted by Crippen LogP contribution is 2.45. The molecule has 0 spiro atoms. The van der Waals surface area contributed by atoms with Crippen molar-refractivity contribution in [3.05, 3.63) is 42.5 Å². The lowest BCUT2D eigenvalue weighted by molar-refractivity contribution is -0.224. The van der Waals surface area contributed by atoms with Crippen LogP contribution in [-0.2, 0) is 9.63 Å². The molecule has 1 fully saturated rings. The van der Waals surface area contributed by atoms with Gasteiger partial charge in [0, 0.05) is 29.9 Å².